The molecule has 1 aromatic carbocycles. The molecule has 1 aliphatic heterocycles. The van der Waals surface area contributed by atoms with Gasteiger partial charge in [0.1, 0.15) is 11.4 Å². The summed E-state index contributed by atoms with van der Waals surface area (Å²) in [6.07, 6.45) is 1.57. The molecular weight excluding hydrogens is 308 g/mol. The zero-order valence-corrected chi connectivity index (χ0v) is 14.8. The lowest BCUT2D eigenvalue weighted by atomic mass is 9.86. The molecule has 0 aliphatic carbocycles. The summed E-state index contributed by atoms with van der Waals surface area (Å²) in [5.74, 6) is 0.432. The van der Waals surface area contributed by atoms with Crippen LogP contribution in [-0.2, 0) is 15.2 Å². The Morgan fingerprint density at radius 1 is 1.38 bits per heavy atom. The Morgan fingerprint density at radius 2 is 2.00 bits per heavy atom. The molecule has 0 radical (unpaired) electrons. The first kappa shape index (κ1) is 18.3. The van der Waals surface area contributed by atoms with E-state index in [1.54, 1.807) is 38.1 Å². The van der Waals surface area contributed by atoms with Crippen LogP contribution in [0.5, 0.6) is 5.75 Å². The lowest BCUT2D eigenvalue weighted by Crippen LogP contribution is -2.50. The van der Waals surface area contributed by atoms with E-state index in [1.165, 1.54) is 11.8 Å². The molecule has 0 aromatic heterocycles. The molecule has 6 heteroatoms. The van der Waals surface area contributed by atoms with E-state index in [1.807, 2.05) is 12.1 Å². The molecule has 24 heavy (non-hydrogen) atoms. The van der Waals surface area contributed by atoms with Crippen molar-refractivity contribution < 1.29 is 19.4 Å². The molecule has 2 amide bonds. The van der Waals surface area contributed by atoms with Crippen molar-refractivity contribution in [3.8, 4) is 5.75 Å². The zero-order valence-electron chi connectivity index (χ0n) is 14.8. The van der Waals surface area contributed by atoms with Crippen LogP contribution in [-0.4, -0.2) is 60.0 Å². The number of aliphatic hydroxyl groups is 1. The molecule has 1 saturated heterocycles. The van der Waals surface area contributed by atoms with Crippen molar-refractivity contribution in [3.05, 3.63) is 29.8 Å². The van der Waals surface area contributed by atoms with Crippen molar-refractivity contribution in [1.82, 2.24) is 9.80 Å². The van der Waals surface area contributed by atoms with E-state index in [-0.39, 0.29) is 24.4 Å². The molecule has 132 valence electrons. The summed E-state index contributed by atoms with van der Waals surface area (Å²) in [7, 11) is 3.20. The van der Waals surface area contributed by atoms with Crippen LogP contribution in [0.3, 0.4) is 0 Å². The minimum Gasteiger partial charge on any atom is -0.497 e. The third-order valence-corrected chi connectivity index (χ3v) is 4.81. The fourth-order valence-corrected chi connectivity index (χ4v) is 3.18. The molecule has 1 aliphatic rings. The third-order valence-electron chi connectivity index (χ3n) is 4.81. The van der Waals surface area contributed by atoms with Crippen LogP contribution in [0, 0.1) is 0 Å². The SMILES string of the molecule is COc1ccc(C(C)(O)C2CCCN2C(=O)CN(C)C(C)=O)cc1. The summed E-state index contributed by atoms with van der Waals surface area (Å²) in [6, 6.07) is 6.94. The highest BCUT2D eigenvalue weighted by Gasteiger charge is 2.42. The first-order valence-corrected chi connectivity index (χ1v) is 8.15. The molecule has 1 fully saturated rings. The molecule has 0 saturated carbocycles. The molecule has 1 aromatic rings. The minimum atomic E-state index is -1.16. The third kappa shape index (κ3) is 3.70. The summed E-state index contributed by atoms with van der Waals surface area (Å²) in [5, 5.41) is 11.1. The van der Waals surface area contributed by atoms with E-state index in [2.05, 4.69) is 0 Å². The van der Waals surface area contributed by atoms with Gasteiger partial charge < -0.3 is 19.6 Å². The highest BCUT2D eigenvalue weighted by Crippen LogP contribution is 2.35. The van der Waals surface area contributed by atoms with Gasteiger partial charge in [0.25, 0.3) is 0 Å². The molecule has 6 nitrogen and oxygen atoms in total. The Kier molecular flexibility index (Phi) is 5.49. The molecule has 0 spiro atoms. The maximum atomic E-state index is 12.5. The Morgan fingerprint density at radius 3 is 2.54 bits per heavy atom. The Hall–Kier alpha value is -2.08. The van der Waals surface area contributed by atoms with Gasteiger partial charge in [-0.05, 0) is 37.5 Å². The van der Waals surface area contributed by atoms with E-state index >= 15 is 0 Å². The van der Waals surface area contributed by atoms with Crippen LogP contribution in [0.1, 0.15) is 32.3 Å². The Balaban J connectivity index is 2.18. The fraction of sp³-hybridized carbons (Fsp3) is 0.556. The Labute approximate surface area is 143 Å². The average Bonchev–Trinajstić information content (AvgIpc) is 3.05. The summed E-state index contributed by atoms with van der Waals surface area (Å²) >= 11 is 0. The molecule has 0 bridgehead atoms. The van der Waals surface area contributed by atoms with Crippen LogP contribution in [0.4, 0.5) is 0 Å². The van der Waals surface area contributed by atoms with Gasteiger partial charge in [0, 0.05) is 20.5 Å². The van der Waals surface area contributed by atoms with Crippen LogP contribution in [0.15, 0.2) is 24.3 Å². The van der Waals surface area contributed by atoms with Gasteiger partial charge in [-0.15, -0.1) is 0 Å². The number of carbonyl (C=O) groups is 2. The van der Waals surface area contributed by atoms with E-state index < -0.39 is 5.60 Å². The van der Waals surface area contributed by atoms with Crippen molar-refractivity contribution in [3.63, 3.8) is 0 Å². The summed E-state index contributed by atoms with van der Waals surface area (Å²) in [4.78, 5) is 27.0. The monoisotopic (exact) mass is 334 g/mol. The molecule has 1 heterocycles. The van der Waals surface area contributed by atoms with Gasteiger partial charge in [-0.3, -0.25) is 9.59 Å². The van der Waals surface area contributed by atoms with Crippen molar-refractivity contribution in [2.75, 3.05) is 27.2 Å². The van der Waals surface area contributed by atoms with Crippen LogP contribution < -0.4 is 4.74 Å². The lowest BCUT2D eigenvalue weighted by Gasteiger charge is -2.37. The number of nitrogens with zero attached hydrogens (tertiary/aromatic N) is 2. The van der Waals surface area contributed by atoms with Gasteiger partial charge in [-0.25, -0.2) is 0 Å². The summed E-state index contributed by atoms with van der Waals surface area (Å²) in [6.45, 7) is 3.80. The number of amides is 2. The van der Waals surface area contributed by atoms with Gasteiger partial charge in [-0.2, -0.15) is 0 Å². The molecule has 2 unspecified atom stereocenters. The molecular formula is C18H26N2O4. The smallest absolute Gasteiger partial charge is 0.242 e. The standard InChI is InChI=1S/C18H26N2O4/c1-13(21)19(3)12-17(22)20-11-5-6-16(20)18(2,23)14-7-9-15(24-4)10-8-14/h7-10,16,23H,5-6,11-12H2,1-4H3. The number of likely N-dealkylation sites (N-methyl/N-ethyl adjacent to an activating group) is 1. The van der Waals surface area contributed by atoms with Crippen LogP contribution in [0.25, 0.3) is 0 Å². The normalized spacial score (nSPS) is 19.7. The van der Waals surface area contributed by atoms with Crippen molar-refractivity contribution in [1.29, 1.82) is 0 Å². The van der Waals surface area contributed by atoms with E-state index in [0.29, 0.717) is 6.54 Å². The zero-order chi connectivity index (χ0) is 17.9. The van der Waals surface area contributed by atoms with E-state index in [9.17, 15) is 14.7 Å². The van der Waals surface area contributed by atoms with Gasteiger partial charge in [0.2, 0.25) is 11.8 Å². The summed E-state index contributed by atoms with van der Waals surface area (Å²) < 4.78 is 5.15. The first-order chi connectivity index (χ1) is 11.3. The Bertz CT molecular complexity index is 598. The maximum Gasteiger partial charge on any atom is 0.242 e. The number of methoxy groups -OCH3 is 1. The van der Waals surface area contributed by atoms with E-state index in [4.69, 9.17) is 4.74 Å². The second kappa shape index (κ2) is 7.21. The number of ether oxygens (including phenoxy) is 1. The lowest BCUT2D eigenvalue weighted by molar-refractivity contribution is -0.142. The van der Waals surface area contributed by atoms with Gasteiger partial charge in [0.15, 0.2) is 0 Å². The van der Waals surface area contributed by atoms with Gasteiger partial charge >= 0.3 is 0 Å². The predicted octanol–water partition coefficient (Wildman–Crippen LogP) is 1.37. The molecule has 2 atom stereocenters. The van der Waals surface area contributed by atoms with Crippen molar-refractivity contribution in [2.45, 2.75) is 38.3 Å². The highest BCUT2D eigenvalue weighted by atomic mass is 16.5. The van der Waals surface area contributed by atoms with Crippen molar-refractivity contribution >= 4 is 11.8 Å². The molecule has 1 N–H and O–H groups in total. The number of benzene rings is 1. The first-order valence-electron chi connectivity index (χ1n) is 8.15. The number of hydrogen-bond acceptors (Lipinski definition) is 4. The second-order valence-corrected chi connectivity index (χ2v) is 6.50. The highest BCUT2D eigenvalue weighted by molar-refractivity contribution is 5.84. The second-order valence-electron chi connectivity index (χ2n) is 6.50. The van der Waals surface area contributed by atoms with Gasteiger partial charge in [0.05, 0.1) is 19.7 Å². The number of hydrogen-bond donors (Lipinski definition) is 1. The number of rotatable bonds is 5. The van der Waals surface area contributed by atoms with Crippen molar-refractivity contribution in [2.24, 2.45) is 0 Å². The molecule has 2 rings (SSSR count). The average molecular weight is 334 g/mol. The van der Waals surface area contributed by atoms with Crippen LogP contribution >= 0.6 is 0 Å². The fourth-order valence-electron chi connectivity index (χ4n) is 3.18. The quantitative estimate of drug-likeness (QED) is 0.883. The predicted molar refractivity (Wildman–Crippen MR) is 90.6 cm³/mol. The summed E-state index contributed by atoms with van der Waals surface area (Å²) in [5.41, 5.74) is -0.416. The van der Waals surface area contributed by atoms with Gasteiger partial charge in [-0.1, -0.05) is 12.1 Å². The number of carbonyl (C=O) groups excluding carboxylic acids is 2. The van der Waals surface area contributed by atoms with Crippen LogP contribution in [0.2, 0.25) is 0 Å². The largest absolute Gasteiger partial charge is 0.497 e. The maximum absolute atomic E-state index is 12.5. The topological polar surface area (TPSA) is 70.1 Å². The minimum absolute atomic E-state index is 0.0323. The van der Waals surface area contributed by atoms with E-state index in [0.717, 1.165) is 24.2 Å². The number of likely N-dealkylation sites (tertiary alicyclic amines) is 1.